The first-order chi connectivity index (χ1) is 30.2. The van der Waals surface area contributed by atoms with E-state index in [2.05, 4.69) is 102 Å². The van der Waals surface area contributed by atoms with E-state index in [4.69, 9.17) is 13.7 Å². The number of fused-ring (bicyclic) bond motifs is 1. The second-order valence-electron chi connectivity index (χ2n) is 19.2. The standard InChI is InChI=1S/C50H63N5O6SSi/c1-33(2)45(43-28-44(53-60-43)59-30-38-23-25-50(31-56)24-14-26-55(38)50)48(58)54-29-39(61-63(49(5,6)7,40-15-10-8-11-16-40)41-17-12-9-13-18-41)27-42(54)47(57)52-34(3)36-19-21-37(22-20-36)46-35(4)51-32-62-46/h8-13,15-22,28,32-34,38-39,42,45,56H,14,23-27,29-31H2,1-7H3,(H,52,57)/t34-,38-,39+,42-,45?,50+/m0/s1. The third-order valence-corrected chi connectivity index (χ3v) is 20.0. The normalized spacial score (nSPS) is 22.6. The van der Waals surface area contributed by atoms with Crippen LogP contribution >= 0.6 is 11.3 Å². The van der Waals surface area contributed by atoms with Gasteiger partial charge in [0.15, 0.2) is 5.76 Å². The van der Waals surface area contributed by atoms with Gasteiger partial charge in [-0.05, 0) is 83.7 Å². The van der Waals surface area contributed by atoms with Crippen molar-refractivity contribution in [1.29, 1.82) is 0 Å². The Hall–Kier alpha value is -4.66. The number of carbonyl (C=O) groups excluding carboxylic acids is 2. The fourth-order valence-electron chi connectivity index (χ4n) is 10.6. The Morgan fingerprint density at radius 3 is 2.29 bits per heavy atom. The van der Waals surface area contributed by atoms with Crippen molar-refractivity contribution >= 4 is 41.8 Å². The number of aromatic nitrogens is 2. The largest absolute Gasteiger partial charge is 0.474 e. The van der Waals surface area contributed by atoms with Crippen molar-refractivity contribution in [3.05, 3.63) is 114 Å². The Balaban J connectivity index is 1.07. The summed E-state index contributed by atoms with van der Waals surface area (Å²) in [7, 11) is -3.04. The summed E-state index contributed by atoms with van der Waals surface area (Å²) < 4.78 is 19.8. The van der Waals surface area contributed by atoms with Gasteiger partial charge in [0.1, 0.15) is 18.6 Å². The number of nitrogens with zero attached hydrogens (tertiary/aromatic N) is 4. The highest BCUT2D eigenvalue weighted by molar-refractivity contribution is 7.13. The number of amides is 2. The summed E-state index contributed by atoms with van der Waals surface area (Å²) >= 11 is 1.61. The molecular weight excluding hydrogens is 827 g/mol. The van der Waals surface area contributed by atoms with Crippen LogP contribution in [0.5, 0.6) is 5.88 Å². The molecule has 8 rings (SSSR count). The lowest BCUT2D eigenvalue weighted by Gasteiger charge is -2.44. The van der Waals surface area contributed by atoms with E-state index in [-0.39, 0.29) is 53.5 Å². The molecule has 6 atom stereocenters. The minimum absolute atomic E-state index is 0.140. The summed E-state index contributed by atoms with van der Waals surface area (Å²) in [4.78, 5) is 39.6. The number of carbonyl (C=O) groups is 2. The number of ether oxygens (including phenoxy) is 1. The lowest BCUT2D eigenvalue weighted by Crippen LogP contribution is -2.67. The van der Waals surface area contributed by atoms with Crippen LogP contribution in [0.1, 0.15) is 103 Å². The summed E-state index contributed by atoms with van der Waals surface area (Å²) in [6, 6.07) is 30.0. The van der Waals surface area contributed by atoms with Crippen molar-refractivity contribution < 1.29 is 28.4 Å². The predicted molar refractivity (Wildman–Crippen MR) is 250 cm³/mol. The van der Waals surface area contributed by atoms with E-state index >= 15 is 4.79 Å². The molecule has 0 aliphatic carbocycles. The highest BCUT2D eigenvalue weighted by Gasteiger charge is 2.54. The van der Waals surface area contributed by atoms with Crippen LogP contribution in [0.2, 0.25) is 5.04 Å². The van der Waals surface area contributed by atoms with Gasteiger partial charge in [0.05, 0.1) is 34.8 Å². The van der Waals surface area contributed by atoms with Crippen LogP contribution in [0.25, 0.3) is 10.4 Å². The van der Waals surface area contributed by atoms with Gasteiger partial charge in [-0.3, -0.25) is 14.5 Å². The van der Waals surface area contributed by atoms with E-state index in [1.807, 2.05) is 57.5 Å². The average Bonchev–Trinajstić information content (AvgIpc) is 4.13. The Morgan fingerprint density at radius 2 is 1.68 bits per heavy atom. The molecule has 3 aromatic carbocycles. The van der Waals surface area contributed by atoms with Crippen LogP contribution in [-0.2, 0) is 14.0 Å². The van der Waals surface area contributed by atoms with E-state index in [0.29, 0.717) is 24.7 Å². The summed E-state index contributed by atoms with van der Waals surface area (Å²) in [5, 5.41) is 19.8. The Morgan fingerprint density at radius 1 is 1.00 bits per heavy atom. The van der Waals surface area contributed by atoms with Crippen LogP contribution in [0, 0.1) is 12.8 Å². The molecule has 13 heteroatoms. The van der Waals surface area contributed by atoms with Crippen LogP contribution < -0.4 is 20.4 Å². The van der Waals surface area contributed by atoms with E-state index in [0.717, 1.165) is 64.3 Å². The maximum atomic E-state index is 15.2. The zero-order valence-corrected chi connectivity index (χ0v) is 39.6. The van der Waals surface area contributed by atoms with E-state index in [9.17, 15) is 9.90 Å². The molecule has 0 saturated carbocycles. The number of aryl methyl sites for hydroxylation is 1. The van der Waals surface area contributed by atoms with Gasteiger partial charge in [-0.15, -0.1) is 11.3 Å². The van der Waals surface area contributed by atoms with Crippen molar-refractivity contribution in [2.75, 3.05) is 26.3 Å². The van der Waals surface area contributed by atoms with Crippen molar-refractivity contribution in [1.82, 2.24) is 25.3 Å². The zero-order valence-electron chi connectivity index (χ0n) is 37.8. The molecule has 0 bridgehead atoms. The highest BCUT2D eigenvalue weighted by atomic mass is 32.1. The molecule has 0 spiro atoms. The van der Waals surface area contributed by atoms with Crippen LogP contribution in [-0.4, -0.2) is 95.2 Å². The number of aliphatic hydroxyl groups is 1. The van der Waals surface area contributed by atoms with Gasteiger partial charge in [0.2, 0.25) is 11.8 Å². The molecule has 334 valence electrons. The fraction of sp³-hybridized carbons (Fsp3) is 0.480. The Kier molecular flexibility index (Phi) is 13.2. The molecule has 1 unspecified atom stereocenters. The number of hydrogen-bond donors (Lipinski definition) is 2. The molecule has 3 saturated heterocycles. The van der Waals surface area contributed by atoms with Gasteiger partial charge in [0.25, 0.3) is 14.2 Å². The van der Waals surface area contributed by atoms with Crippen molar-refractivity contribution in [2.24, 2.45) is 5.92 Å². The van der Waals surface area contributed by atoms with Gasteiger partial charge in [-0.25, -0.2) is 4.98 Å². The predicted octanol–water partition coefficient (Wildman–Crippen LogP) is 7.64. The van der Waals surface area contributed by atoms with E-state index in [1.54, 1.807) is 22.3 Å². The molecule has 3 aliphatic rings. The molecule has 0 radical (unpaired) electrons. The summed E-state index contributed by atoms with van der Waals surface area (Å²) in [5.41, 5.74) is 4.75. The van der Waals surface area contributed by atoms with E-state index < -0.39 is 26.4 Å². The molecular formula is C50H63N5O6SSi. The SMILES string of the molecule is Cc1ncsc1-c1ccc([C@H](C)NC(=O)[C@@H]2C[C@@H](O[Si](c3ccccc3)(c3ccccc3)C(C)(C)C)CN2C(=O)C(c2cc(OC[C@@H]3CC[C@@]4(CO)CCCN34)no2)C(C)C)cc1. The van der Waals surface area contributed by atoms with Gasteiger partial charge in [-0.2, -0.15) is 0 Å². The monoisotopic (exact) mass is 889 g/mol. The molecule has 2 N–H and O–H groups in total. The third-order valence-electron chi connectivity index (χ3n) is 13.9. The summed E-state index contributed by atoms with van der Waals surface area (Å²) in [5.74, 6) is -0.598. The van der Waals surface area contributed by atoms with Gasteiger partial charge in [-0.1, -0.05) is 120 Å². The molecule has 3 fully saturated rings. The van der Waals surface area contributed by atoms with Gasteiger partial charge < -0.3 is 29.0 Å². The number of rotatable bonds is 15. The number of nitrogens with one attached hydrogen (secondary N) is 1. The molecule has 63 heavy (non-hydrogen) atoms. The number of likely N-dealkylation sites (tertiary alicyclic amines) is 1. The summed E-state index contributed by atoms with van der Waals surface area (Å²) in [6.07, 6.45) is 3.88. The van der Waals surface area contributed by atoms with Crippen LogP contribution in [0.4, 0.5) is 0 Å². The van der Waals surface area contributed by atoms with Crippen LogP contribution in [0.15, 0.2) is 101 Å². The van der Waals surface area contributed by atoms with Crippen molar-refractivity contribution in [3.8, 4) is 16.3 Å². The second kappa shape index (κ2) is 18.4. The number of thiazole rings is 1. The molecule has 2 aromatic heterocycles. The lowest BCUT2D eigenvalue weighted by molar-refractivity contribution is -0.141. The maximum Gasteiger partial charge on any atom is 0.261 e. The lowest BCUT2D eigenvalue weighted by atomic mass is 9.91. The first-order valence-corrected chi connectivity index (χ1v) is 25.4. The first-order valence-electron chi connectivity index (χ1n) is 22.6. The third kappa shape index (κ3) is 8.79. The highest BCUT2D eigenvalue weighted by Crippen LogP contribution is 2.43. The fourth-order valence-corrected chi connectivity index (χ4v) is 16.1. The van der Waals surface area contributed by atoms with Crippen molar-refractivity contribution in [2.45, 2.75) is 121 Å². The molecule has 5 aromatic rings. The average molecular weight is 890 g/mol. The van der Waals surface area contributed by atoms with Crippen LogP contribution in [0.3, 0.4) is 0 Å². The van der Waals surface area contributed by atoms with Gasteiger partial charge in [0, 0.05) is 30.6 Å². The number of benzene rings is 3. The second-order valence-corrected chi connectivity index (χ2v) is 24.3. The molecule has 11 nitrogen and oxygen atoms in total. The quantitative estimate of drug-likeness (QED) is 0.102. The molecule has 3 aliphatic heterocycles. The van der Waals surface area contributed by atoms with Crippen molar-refractivity contribution in [3.63, 3.8) is 0 Å². The number of aliphatic hydroxyl groups excluding tert-OH is 1. The number of hydrogen-bond acceptors (Lipinski definition) is 10. The first kappa shape index (κ1) is 44.9. The topological polar surface area (TPSA) is 130 Å². The Labute approximate surface area is 377 Å². The molecule has 2 amide bonds. The minimum atomic E-state index is -3.04. The minimum Gasteiger partial charge on any atom is -0.474 e. The molecule has 5 heterocycles. The summed E-state index contributed by atoms with van der Waals surface area (Å²) in [6.45, 7) is 16.5. The van der Waals surface area contributed by atoms with Gasteiger partial charge >= 0.3 is 0 Å². The zero-order chi connectivity index (χ0) is 44.5. The Bertz CT molecular complexity index is 2290. The maximum absolute atomic E-state index is 15.2. The smallest absolute Gasteiger partial charge is 0.261 e. The van der Waals surface area contributed by atoms with E-state index in [1.165, 1.54) is 0 Å².